The molecule has 2 unspecified atom stereocenters. The third kappa shape index (κ3) is 53.9. The molecule has 0 saturated carbocycles. The van der Waals surface area contributed by atoms with Gasteiger partial charge >= 0.3 is 19.8 Å². The van der Waals surface area contributed by atoms with Crippen LogP contribution in [0.4, 0.5) is 0 Å². The Morgan fingerprint density at radius 2 is 0.826 bits per heavy atom. The molecule has 0 amide bonds. The topological polar surface area (TPSA) is 108 Å². The molecule has 0 bridgehead atoms. The molecule has 0 spiro atoms. The molecular weight excluding hydrogens is 882 g/mol. The van der Waals surface area contributed by atoms with E-state index in [1.54, 1.807) is 0 Å². The van der Waals surface area contributed by atoms with Gasteiger partial charge in [-0.05, 0) is 96.3 Å². The summed E-state index contributed by atoms with van der Waals surface area (Å²) < 4.78 is 34.4. The molecule has 0 aliphatic rings. The van der Waals surface area contributed by atoms with Gasteiger partial charge in [-0.15, -0.1) is 0 Å². The maximum Gasteiger partial charge on any atom is 0.472 e. The smallest absolute Gasteiger partial charge is 0.462 e. The monoisotopic (exact) mass is 983 g/mol. The maximum absolute atomic E-state index is 12.8. The van der Waals surface area contributed by atoms with Crippen molar-refractivity contribution in [3.05, 3.63) is 109 Å². The van der Waals surface area contributed by atoms with Crippen molar-refractivity contribution in [2.45, 2.75) is 206 Å². The van der Waals surface area contributed by atoms with Crippen LogP contribution in [0.2, 0.25) is 0 Å². The normalized spacial score (nSPS) is 14.2. The van der Waals surface area contributed by atoms with E-state index in [1.165, 1.54) is 44.9 Å². The van der Waals surface area contributed by atoms with Crippen molar-refractivity contribution in [2.75, 3.05) is 47.5 Å². The molecule has 2 atom stereocenters. The van der Waals surface area contributed by atoms with Crippen LogP contribution in [-0.2, 0) is 32.7 Å². The zero-order valence-corrected chi connectivity index (χ0v) is 45.4. The van der Waals surface area contributed by atoms with Crippen LogP contribution in [0.3, 0.4) is 0 Å². The molecule has 0 saturated heterocycles. The first-order chi connectivity index (χ1) is 33.5. The number of ether oxygens (including phenoxy) is 2. The van der Waals surface area contributed by atoms with E-state index in [9.17, 15) is 19.0 Å². The summed E-state index contributed by atoms with van der Waals surface area (Å²) in [4.78, 5) is 35.6. The molecule has 0 rings (SSSR count). The molecule has 0 radical (unpaired) electrons. The molecule has 10 heteroatoms. The summed E-state index contributed by atoms with van der Waals surface area (Å²) in [5, 5.41) is 0. The van der Waals surface area contributed by atoms with E-state index < -0.39 is 26.5 Å². The van der Waals surface area contributed by atoms with Gasteiger partial charge in [0.2, 0.25) is 0 Å². The van der Waals surface area contributed by atoms with Crippen LogP contribution in [0.5, 0.6) is 0 Å². The van der Waals surface area contributed by atoms with Crippen LogP contribution in [-0.4, -0.2) is 74.9 Å². The number of quaternary nitrogens is 1. The van der Waals surface area contributed by atoms with Crippen LogP contribution in [0.1, 0.15) is 200 Å². The molecule has 0 aliphatic carbocycles. The standard InChI is InChI=1S/C59H100NO8P/c1-6-8-10-12-14-16-18-20-22-23-24-25-26-27-28-29-30-31-32-33-34-35-36-37-38-40-42-44-46-48-50-52-59(62)68-57(56-67-69(63,64)66-54-53-60(3,4)5)55-65-58(61)51-49-47-45-43-41-39-21-19-17-15-13-11-9-7-2/h8,10,13-16,19-22,24-25,27-28,30-31,33-34,57H,6-7,9,11-12,17-18,23,26,29,32,35-56H2,1-5H3/p+1/b10-8-,15-13-,16-14-,21-19-,22-20-,25-24-,28-27-,31-30-,34-33-. The van der Waals surface area contributed by atoms with Crippen molar-refractivity contribution >= 4 is 19.8 Å². The number of allylic oxidation sites excluding steroid dienone is 18. The van der Waals surface area contributed by atoms with Crippen molar-refractivity contribution in [3.63, 3.8) is 0 Å². The van der Waals surface area contributed by atoms with Crippen molar-refractivity contribution < 1.29 is 42.1 Å². The molecule has 0 aromatic carbocycles. The van der Waals surface area contributed by atoms with Gasteiger partial charge < -0.3 is 18.9 Å². The minimum absolute atomic E-state index is 0.0225. The molecule has 0 aromatic heterocycles. The fourth-order valence-corrected chi connectivity index (χ4v) is 7.58. The van der Waals surface area contributed by atoms with Gasteiger partial charge in [-0.1, -0.05) is 200 Å². The van der Waals surface area contributed by atoms with E-state index in [0.29, 0.717) is 23.9 Å². The number of likely N-dealkylation sites (N-methyl/N-ethyl adjacent to an activating group) is 1. The van der Waals surface area contributed by atoms with Crippen LogP contribution in [0, 0.1) is 0 Å². The van der Waals surface area contributed by atoms with Gasteiger partial charge in [0.15, 0.2) is 6.10 Å². The number of rotatable bonds is 48. The molecule has 0 aromatic rings. The Morgan fingerprint density at radius 1 is 0.464 bits per heavy atom. The lowest BCUT2D eigenvalue weighted by Crippen LogP contribution is -2.37. The molecule has 69 heavy (non-hydrogen) atoms. The molecule has 0 heterocycles. The van der Waals surface area contributed by atoms with E-state index in [4.69, 9.17) is 18.5 Å². The van der Waals surface area contributed by atoms with Gasteiger partial charge in [0, 0.05) is 12.8 Å². The van der Waals surface area contributed by atoms with E-state index in [1.807, 2.05) is 21.1 Å². The SMILES string of the molecule is CC/C=C\C/C=C\C/C=C\C/C=C\C/C=C\C/C=C\C/C=C\CCCCCCCCCCCC(=O)OC(COC(=O)CCCCCCC/C=C\C/C=C\CCCC)COP(=O)(O)OCC[N+](C)(C)C. The first-order valence-electron chi connectivity index (χ1n) is 27.1. The lowest BCUT2D eigenvalue weighted by atomic mass is 10.1. The Hall–Kier alpha value is -3.33. The third-order valence-electron chi connectivity index (χ3n) is 11.0. The van der Waals surface area contributed by atoms with Gasteiger partial charge in [0.1, 0.15) is 19.8 Å². The summed E-state index contributed by atoms with van der Waals surface area (Å²) in [5.74, 6) is -0.829. The Kier molecular flexibility index (Phi) is 47.2. The number of hydrogen-bond acceptors (Lipinski definition) is 7. The average Bonchev–Trinajstić information content (AvgIpc) is 3.31. The third-order valence-corrected chi connectivity index (χ3v) is 12.0. The van der Waals surface area contributed by atoms with Crippen LogP contribution in [0.15, 0.2) is 109 Å². The second kappa shape index (κ2) is 49.6. The van der Waals surface area contributed by atoms with E-state index in [2.05, 4.69) is 123 Å². The number of unbranched alkanes of at least 4 members (excludes halogenated alkanes) is 16. The Labute approximate surface area is 423 Å². The highest BCUT2D eigenvalue weighted by Gasteiger charge is 2.27. The van der Waals surface area contributed by atoms with Crippen molar-refractivity contribution in [3.8, 4) is 0 Å². The van der Waals surface area contributed by atoms with Gasteiger partial charge in [-0.2, -0.15) is 0 Å². The molecule has 9 nitrogen and oxygen atoms in total. The van der Waals surface area contributed by atoms with Gasteiger partial charge in [-0.25, -0.2) is 4.57 Å². The lowest BCUT2D eigenvalue weighted by molar-refractivity contribution is -0.870. The number of carbonyl (C=O) groups excluding carboxylic acids is 2. The van der Waals surface area contributed by atoms with E-state index in [-0.39, 0.29) is 32.0 Å². The average molecular weight is 983 g/mol. The van der Waals surface area contributed by atoms with Crippen molar-refractivity contribution in [2.24, 2.45) is 0 Å². The number of phosphoric ester groups is 1. The quantitative estimate of drug-likeness (QED) is 0.0211. The first-order valence-corrected chi connectivity index (χ1v) is 28.6. The summed E-state index contributed by atoms with van der Waals surface area (Å²) in [5.41, 5.74) is 0. The predicted octanol–water partition coefficient (Wildman–Crippen LogP) is 16.6. The number of nitrogens with zero attached hydrogens (tertiary/aromatic N) is 1. The fourth-order valence-electron chi connectivity index (χ4n) is 6.83. The molecule has 1 N–H and O–H groups in total. The predicted molar refractivity (Wildman–Crippen MR) is 293 cm³/mol. The van der Waals surface area contributed by atoms with Crippen molar-refractivity contribution in [1.82, 2.24) is 0 Å². The highest BCUT2D eigenvalue weighted by molar-refractivity contribution is 7.47. The second-order valence-corrected chi connectivity index (χ2v) is 20.3. The fraction of sp³-hybridized carbons (Fsp3) is 0.661. The Bertz CT molecular complexity index is 1530. The molecule has 0 aliphatic heterocycles. The summed E-state index contributed by atoms with van der Waals surface area (Å²) in [6.45, 7) is 4.23. The second-order valence-electron chi connectivity index (χ2n) is 18.9. The zero-order valence-electron chi connectivity index (χ0n) is 44.5. The maximum atomic E-state index is 12.8. The van der Waals surface area contributed by atoms with Gasteiger partial charge in [0.25, 0.3) is 0 Å². The summed E-state index contributed by atoms with van der Waals surface area (Å²) in [6.07, 6.45) is 68.6. The molecule has 394 valence electrons. The number of esters is 2. The number of hydrogen-bond donors (Lipinski definition) is 1. The first kappa shape index (κ1) is 65.7. The van der Waals surface area contributed by atoms with E-state index in [0.717, 1.165) is 116 Å². The highest BCUT2D eigenvalue weighted by atomic mass is 31.2. The number of phosphoric acid groups is 1. The largest absolute Gasteiger partial charge is 0.472 e. The Morgan fingerprint density at radius 3 is 1.23 bits per heavy atom. The lowest BCUT2D eigenvalue weighted by Gasteiger charge is -2.24. The van der Waals surface area contributed by atoms with E-state index >= 15 is 0 Å². The number of carbonyl (C=O) groups is 2. The zero-order chi connectivity index (χ0) is 50.6. The van der Waals surface area contributed by atoms with Gasteiger partial charge in [0.05, 0.1) is 27.7 Å². The molecular formula is C59H101NO8P+. The Balaban J connectivity index is 4.21. The highest BCUT2D eigenvalue weighted by Crippen LogP contribution is 2.43. The van der Waals surface area contributed by atoms with Crippen molar-refractivity contribution in [1.29, 1.82) is 0 Å². The van der Waals surface area contributed by atoms with Gasteiger partial charge in [-0.3, -0.25) is 18.6 Å². The van der Waals surface area contributed by atoms with Crippen LogP contribution in [0.25, 0.3) is 0 Å². The minimum atomic E-state index is -4.39. The van der Waals surface area contributed by atoms with Crippen LogP contribution < -0.4 is 0 Å². The summed E-state index contributed by atoms with van der Waals surface area (Å²) in [6, 6.07) is 0. The minimum Gasteiger partial charge on any atom is -0.462 e. The van der Waals surface area contributed by atoms with Crippen LogP contribution >= 0.6 is 7.82 Å². The summed E-state index contributed by atoms with van der Waals surface area (Å²) >= 11 is 0. The summed E-state index contributed by atoms with van der Waals surface area (Å²) in [7, 11) is 1.45. The molecule has 0 fully saturated rings.